The molecule has 0 aromatic carbocycles. The van der Waals surface area contributed by atoms with Crippen LogP contribution in [0.1, 0.15) is 26.2 Å². The van der Waals surface area contributed by atoms with Gasteiger partial charge in [-0.2, -0.15) is 0 Å². The number of nitrogens with one attached hydrogen (secondary N) is 1. The molecule has 0 aliphatic heterocycles. The Kier molecular flexibility index (Phi) is 5.10. The van der Waals surface area contributed by atoms with Gasteiger partial charge in [0.15, 0.2) is 5.03 Å². The zero-order valence-corrected chi connectivity index (χ0v) is 11.1. The van der Waals surface area contributed by atoms with Crippen LogP contribution >= 0.6 is 0 Å². The summed E-state index contributed by atoms with van der Waals surface area (Å²) in [6, 6.07) is -0.220. The Morgan fingerprint density at radius 3 is 2.76 bits per heavy atom. The Hall–Kier alpha value is -0.920. The van der Waals surface area contributed by atoms with E-state index in [4.69, 9.17) is 5.73 Å². The lowest BCUT2D eigenvalue weighted by molar-refractivity contribution is 0.514. The first-order valence-corrected chi connectivity index (χ1v) is 7.18. The predicted molar refractivity (Wildman–Crippen MR) is 65.9 cm³/mol. The summed E-state index contributed by atoms with van der Waals surface area (Å²) >= 11 is 0. The van der Waals surface area contributed by atoms with Crippen molar-refractivity contribution in [3.63, 3.8) is 0 Å². The predicted octanol–water partition coefficient (Wildman–Crippen LogP) is 0.216. The van der Waals surface area contributed by atoms with Gasteiger partial charge >= 0.3 is 0 Å². The molecule has 3 N–H and O–H groups in total. The molecule has 1 atom stereocenters. The molecule has 0 bridgehead atoms. The van der Waals surface area contributed by atoms with E-state index in [-0.39, 0.29) is 11.1 Å². The van der Waals surface area contributed by atoms with Crippen LogP contribution in [0.3, 0.4) is 0 Å². The van der Waals surface area contributed by atoms with Crippen molar-refractivity contribution in [3.05, 3.63) is 12.5 Å². The maximum absolute atomic E-state index is 11.9. The average molecular weight is 260 g/mol. The summed E-state index contributed by atoms with van der Waals surface area (Å²) in [7, 11) is -1.82. The number of aromatic nitrogens is 2. The van der Waals surface area contributed by atoms with Crippen LogP contribution in [0.25, 0.3) is 0 Å². The van der Waals surface area contributed by atoms with Crippen molar-refractivity contribution >= 4 is 10.0 Å². The number of rotatable bonds is 7. The van der Waals surface area contributed by atoms with Crippen LogP contribution in [0, 0.1) is 0 Å². The Morgan fingerprint density at radius 1 is 1.59 bits per heavy atom. The molecule has 0 saturated heterocycles. The smallest absolute Gasteiger partial charge is 0.259 e. The van der Waals surface area contributed by atoms with Gasteiger partial charge < -0.3 is 10.3 Å². The molecule has 0 unspecified atom stereocenters. The van der Waals surface area contributed by atoms with E-state index in [1.165, 1.54) is 12.5 Å². The van der Waals surface area contributed by atoms with Crippen LogP contribution in [-0.4, -0.2) is 30.6 Å². The molecule has 17 heavy (non-hydrogen) atoms. The van der Waals surface area contributed by atoms with Crippen LogP contribution < -0.4 is 10.5 Å². The molecular formula is C10H20N4O2S. The number of aryl methyl sites for hydroxylation is 1. The van der Waals surface area contributed by atoms with Crippen molar-refractivity contribution in [2.24, 2.45) is 12.8 Å². The Balaban J connectivity index is 2.71. The largest absolute Gasteiger partial charge is 0.339 e. The molecule has 1 aromatic rings. The molecule has 0 aliphatic carbocycles. The van der Waals surface area contributed by atoms with Gasteiger partial charge in [0.1, 0.15) is 0 Å². The average Bonchev–Trinajstić information content (AvgIpc) is 2.71. The first kappa shape index (κ1) is 14.1. The van der Waals surface area contributed by atoms with E-state index in [2.05, 4.69) is 16.6 Å². The van der Waals surface area contributed by atoms with Crippen molar-refractivity contribution in [2.45, 2.75) is 37.3 Å². The topological polar surface area (TPSA) is 90.0 Å². The van der Waals surface area contributed by atoms with Gasteiger partial charge in [0.05, 0.1) is 6.33 Å². The number of nitrogens with two attached hydrogens (primary N) is 1. The highest BCUT2D eigenvalue weighted by Crippen LogP contribution is 2.07. The lowest BCUT2D eigenvalue weighted by Gasteiger charge is -2.15. The molecule has 0 amide bonds. The Bertz CT molecular complexity index is 441. The lowest BCUT2D eigenvalue weighted by Crippen LogP contribution is -2.40. The molecule has 0 spiro atoms. The molecule has 0 fully saturated rings. The van der Waals surface area contributed by atoms with Crippen LogP contribution in [-0.2, 0) is 17.1 Å². The fourth-order valence-electron chi connectivity index (χ4n) is 1.48. The molecule has 1 rings (SSSR count). The molecule has 0 radical (unpaired) electrons. The van der Waals surface area contributed by atoms with Gasteiger partial charge in [-0.05, 0) is 6.42 Å². The van der Waals surface area contributed by atoms with Crippen molar-refractivity contribution < 1.29 is 8.42 Å². The first-order chi connectivity index (χ1) is 7.99. The van der Waals surface area contributed by atoms with Gasteiger partial charge in [-0.3, -0.25) is 0 Å². The summed E-state index contributed by atoms with van der Waals surface area (Å²) in [4.78, 5) is 3.83. The minimum Gasteiger partial charge on any atom is -0.339 e. The monoisotopic (exact) mass is 260 g/mol. The van der Waals surface area contributed by atoms with Crippen molar-refractivity contribution in [3.8, 4) is 0 Å². The van der Waals surface area contributed by atoms with Crippen LogP contribution in [0.15, 0.2) is 17.6 Å². The first-order valence-electron chi connectivity index (χ1n) is 5.70. The number of unbranched alkanes of at least 4 members (excludes halogenated alkanes) is 1. The van der Waals surface area contributed by atoms with E-state index in [0.29, 0.717) is 6.54 Å². The van der Waals surface area contributed by atoms with E-state index in [9.17, 15) is 8.42 Å². The molecule has 0 saturated carbocycles. The van der Waals surface area contributed by atoms with E-state index in [0.717, 1.165) is 19.3 Å². The molecule has 6 nitrogen and oxygen atoms in total. The molecule has 1 heterocycles. The third kappa shape index (κ3) is 4.10. The van der Waals surface area contributed by atoms with Crippen LogP contribution in [0.4, 0.5) is 0 Å². The highest BCUT2D eigenvalue weighted by atomic mass is 32.2. The summed E-state index contributed by atoms with van der Waals surface area (Å²) in [5.41, 5.74) is 5.55. The second-order valence-corrected chi connectivity index (χ2v) is 5.73. The van der Waals surface area contributed by atoms with Gasteiger partial charge in [0, 0.05) is 25.8 Å². The number of imidazole rings is 1. The third-order valence-corrected chi connectivity index (χ3v) is 3.87. The number of sulfonamides is 1. The summed E-state index contributed by atoms with van der Waals surface area (Å²) in [5.74, 6) is 0. The summed E-state index contributed by atoms with van der Waals surface area (Å²) < 4.78 is 28.0. The SMILES string of the molecule is CCCC[C@@H](CN)NS(=O)(=O)c1cn(C)cn1. The number of hydrogen-bond acceptors (Lipinski definition) is 4. The second-order valence-electron chi connectivity index (χ2n) is 4.07. The fraction of sp³-hybridized carbons (Fsp3) is 0.700. The summed E-state index contributed by atoms with van der Waals surface area (Å²) in [6.07, 6.45) is 5.64. The summed E-state index contributed by atoms with van der Waals surface area (Å²) in [5, 5.41) is 0.0370. The van der Waals surface area contributed by atoms with Gasteiger partial charge in [-0.15, -0.1) is 0 Å². The quantitative estimate of drug-likeness (QED) is 0.733. The molecular weight excluding hydrogens is 240 g/mol. The van der Waals surface area contributed by atoms with E-state index < -0.39 is 10.0 Å². The summed E-state index contributed by atoms with van der Waals surface area (Å²) in [6.45, 7) is 2.35. The maximum atomic E-state index is 11.9. The minimum atomic E-state index is -3.54. The van der Waals surface area contributed by atoms with E-state index in [1.807, 2.05) is 0 Å². The normalized spacial score (nSPS) is 13.8. The number of nitrogens with zero attached hydrogens (tertiary/aromatic N) is 2. The zero-order valence-electron chi connectivity index (χ0n) is 10.3. The third-order valence-electron chi connectivity index (χ3n) is 2.47. The number of hydrogen-bond donors (Lipinski definition) is 2. The van der Waals surface area contributed by atoms with Gasteiger partial charge in [0.2, 0.25) is 0 Å². The zero-order chi connectivity index (χ0) is 12.9. The van der Waals surface area contributed by atoms with Gasteiger partial charge in [0.25, 0.3) is 10.0 Å². The highest BCUT2D eigenvalue weighted by molar-refractivity contribution is 7.89. The second kappa shape index (κ2) is 6.13. The van der Waals surface area contributed by atoms with Crippen molar-refractivity contribution in [2.75, 3.05) is 6.54 Å². The lowest BCUT2D eigenvalue weighted by atomic mass is 10.1. The minimum absolute atomic E-state index is 0.0370. The van der Waals surface area contributed by atoms with E-state index in [1.54, 1.807) is 11.6 Å². The van der Waals surface area contributed by atoms with Crippen LogP contribution in [0.5, 0.6) is 0 Å². The maximum Gasteiger partial charge on any atom is 0.259 e. The van der Waals surface area contributed by atoms with Crippen molar-refractivity contribution in [1.82, 2.24) is 14.3 Å². The fourth-order valence-corrected chi connectivity index (χ4v) is 2.75. The Morgan fingerprint density at radius 2 is 2.29 bits per heavy atom. The molecule has 0 aliphatic rings. The van der Waals surface area contributed by atoms with E-state index >= 15 is 0 Å². The standard InChI is InChI=1S/C10H20N4O2S/c1-3-4-5-9(6-11)13-17(15,16)10-7-14(2)8-12-10/h7-9,13H,3-6,11H2,1-2H3/t9-/m0/s1. The molecule has 7 heteroatoms. The van der Waals surface area contributed by atoms with Crippen molar-refractivity contribution in [1.29, 1.82) is 0 Å². The Labute approximate surface area is 102 Å². The molecule has 98 valence electrons. The van der Waals surface area contributed by atoms with Crippen LogP contribution in [0.2, 0.25) is 0 Å². The molecule has 1 aromatic heterocycles. The van der Waals surface area contributed by atoms with Gasteiger partial charge in [-0.1, -0.05) is 19.8 Å². The van der Waals surface area contributed by atoms with Gasteiger partial charge in [-0.25, -0.2) is 18.1 Å². The highest BCUT2D eigenvalue weighted by Gasteiger charge is 2.20.